The minimum atomic E-state index is 0.177. The summed E-state index contributed by atoms with van der Waals surface area (Å²) in [5.41, 5.74) is 2.21. The van der Waals surface area contributed by atoms with Gasteiger partial charge in [0.15, 0.2) is 5.76 Å². The molecule has 0 aliphatic carbocycles. The summed E-state index contributed by atoms with van der Waals surface area (Å²) < 4.78 is 7.73. The second-order valence-corrected chi connectivity index (χ2v) is 6.67. The number of likely N-dealkylation sites (tertiary alicyclic amines) is 1. The molecule has 6 nitrogen and oxygen atoms in total. The first-order valence-corrected chi connectivity index (χ1v) is 8.55. The molecule has 25 heavy (non-hydrogen) atoms. The van der Waals surface area contributed by atoms with E-state index in [2.05, 4.69) is 15.0 Å². The average Bonchev–Trinajstić information content (AvgIpc) is 3.35. The third-order valence-electron chi connectivity index (χ3n) is 4.87. The minimum Gasteiger partial charge on any atom is -0.439 e. The van der Waals surface area contributed by atoms with Gasteiger partial charge in [0, 0.05) is 50.3 Å². The van der Waals surface area contributed by atoms with Gasteiger partial charge in [-0.2, -0.15) is 5.10 Å². The Morgan fingerprint density at radius 1 is 1.20 bits per heavy atom. The lowest BCUT2D eigenvalue weighted by Gasteiger charge is -2.13. The van der Waals surface area contributed by atoms with E-state index in [1.54, 1.807) is 6.20 Å². The lowest BCUT2D eigenvalue weighted by atomic mass is 9.92. The van der Waals surface area contributed by atoms with E-state index in [4.69, 9.17) is 4.42 Å². The largest absolute Gasteiger partial charge is 0.439 e. The molecule has 1 saturated heterocycles. The molecular weight excluding hydrogens is 316 g/mol. The number of benzene rings is 1. The summed E-state index contributed by atoms with van der Waals surface area (Å²) in [6, 6.07) is 9.99. The summed E-state index contributed by atoms with van der Waals surface area (Å²) in [6.45, 7) is 2.54. The Bertz CT molecular complexity index is 827. The number of nitrogens with zero attached hydrogens (tertiary/aromatic N) is 4. The van der Waals surface area contributed by atoms with Crippen molar-refractivity contribution in [2.45, 2.75) is 12.5 Å². The molecule has 4 rings (SSSR count). The van der Waals surface area contributed by atoms with Crippen LogP contribution in [-0.2, 0) is 13.6 Å². The van der Waals surface area contributed by atoms with Crippen LogP contribution in [-0.4, -0.2) is 44.5 Å². The van der Waals surface area contributed by atoms with E-state index in [1.807, 2.05) is 54.5 Å². The lowest BCUT2D eigenvalue weighted by Crippen LogP contribution is -2.21. The highest BCUT2D eigenvalue weighted by Gasteiger charge is 2.34. The van der Waals surface area contributed by atoms with Crippen molar-refractivity contribution in [3.8, 4) is 11.3 Å². The monoisotopic (exact) mass is 338 g/mol. The summed E-state index contributed by atoms with van der Waals surface area (Å²) in [4.78, 5) is 6.71. The van der Waals surface area contributed by atoms with Crippen molar-refractivity contribution in [2.24, 2.45) is 13.0 Å². The number of hydrogen-bond acceptors (Lipinski definition) is 5. The molecule has 0 unspecified atom stereocenters. The number of rotatable bonds is 5. The highest BCUT2D eigenvalue weighted by atomic mass is 16.4. The van der Waals surface area contributed by atoms with Gasteiger partial charge in [0.05, 0.1) is 18.9 Å². The maximum absolute atomic E-state index is 9.75. The highest BCUT2D eigenvalue weighted by Crippen LogP contribution is 2.33. The first kappa shape index (κ1) is 16.1. The van der Waals surface area contributed by atoms with E-state index in [9.17, 15) is 5.11 Å². The molecule has 2 aromatic heterocycles. The van der Waals surface area contributed by atoms with E-state index in [0.717, 1.165) is 24.4 Å². The van der Waals surface area contributed by atoms with E-state index >= 15 is 0 Å². The molecule has 1 aliphatic rings. The quantitative estimate of drug-likeness (QED) is 0.773. The van der Waals surface area contributed by atoms with Crippen LogP contribution in [0.1, 0.15) is 17.4 Å². The van der Waals surface area contributed by atoms with E-state index in [0.29, 0.717) is 18.4 Å². The lowest BCUT2D eigenvalue weighted by molar-refractivity contribution is 0.210. The number of oxazole rings is 1. The Hall–Kier alpha value is -2.44. The zero-order valence-corrected chi connectivity index (χ0v) is 14.2. The molecule has 2 atom stereocenters. The van der Waals surface area contributed by atoms with E-state index < -0.39 is 0 Å². The van der Waals surface area contributed by atoms with Gasteiger partial charge in [-0.15, -0.1) is 0 Å². The van der Waals surface area contributed by atoms with Crippen LogP contribution in [0.25, 0.3) is 11.3 Å². The Balaban J connectivity index is 1.46. The number of aromatic nitrogens is 3. The fourth-order valence-electron chi connectivity index (χ4n) is 3.59. The molecule has 1 aliphatic heterocycles. The van der Waals surface area contributed by atoms with Gasteiger partial charge in [0.2, 0.25) is 5.89 Å². The molecule has 1 aromatic carbocycles. The van der Waals surface area contributed by atoms with Gasteiger partial charge in [-0.3, -0.25) is 9.58 Å². The maximum Gasteiger partial charge on any atom is 0.209 e. The van der Waals surface area contributed by atoms with Crippen LogP contribution in [0.15, 0.2) is 53.3 Å². The molecule has 3 heterocycles. The van der Waals surface area contributed by atoms with Crippen molar-refractivity contribution in [3.05, 3.63) is 60.4 Å². The standard InChI is InChI=1S/C19H22N4O2/c1-22-9-15(7-21-22)17-11-23(10-16(17)13-24)12-19-20-8-18(25-19)14-5-3-2-4-6-14/h2-9,16-17,24H,10-13H2,1H3/t16-,17-/m0/s1. The minimum absolute atomic E-state index is 0.177. The van der Waals surface area contributed by atoms with Gasteiger partial charge in [-0.1, -0.05) is 30.3 Å². The van der Waals surface area contributed by atoms with Crippen LogP contribution in [0.2, 0.25) is 0 Å². The van der Waals surface area contributed by atoms with Crippen LogP contribution in [0.5, 0.6) is 0 Å². The number of hydrogen-bond donors (Lipinski definition) is 1. The molecular formula is C19H22N4O2. The molecule has 0 radical (unpaired) electrons. The fraction of sp³-hybridized carbons (Fsp3) is 0.368. The van der Waals surface area contributed by atoms with Gasteiger partial charge < -0.3 is 9.52 Å². The zero-order valence-electron chi connectivity index (χ0n) is 14.2. The smallest absolute Gasteiger partial charge is 0.209 e. The molecule has 0 spiro atoms. The maximum atomic E-state index is 9.75. The summed E-state index contributed by atoms with van der Waals surface area (Å²) in [5, 5.41) is 14.0. The van der Waals surface area contributed by atoms with Gasteiger partial charge >= 0.3 is 0 Å². The average molecular weight is 338 g/mol. The number of aliphatic hydroxyl groups is 1. The summed E-state index contributed by atoms with van der Waals surface area (Å²) in [7, 11) is 1.92. The summed E-state index contributed by atoms with van der Waals surface area (Å²) >= 11 is 0. The predicted molar refractivity (Wildman–Crippen MR) is 93.7 cm³/mol. The van der Waals surface area contributed by atoms with Crippen molar-refractivity contribution < 1.29 is 9.52 Å². The third-order valence-corrected chi connectivity index (χ3v) is 4.87. The summed E-state index contributed by atoms with van der Waals surface area (Å²) in [6.07, 6.45) is 5.72. The molecule has 0 bridgehead atoms. The molecule has 0 saturated carbocycles. The normalized spacial score (nSPS) is 21.0. The highest BCUT2D eigenvalue weighted by molar-refractivity contribution is 5.55. The van der Waals surface area contributed by atoms with Crippen LogP contribution >= 0.6 is 0 Å². The Morgan fingerprint density at radius 3 is 2.76 bits per heavy atom. The van der Waals surface area contributed by atoms with E-state index in [-0.39, 0.29) is 12.5 Å². The third kappa shape index (κ3) is 3.36. The van der Waals surface area contributed by atoms with Crippen LogP contribution < -0.4 is 0 Å². The molecule has 1 fully saturated rings. The van der Waals surface area contributed by atoms with Crippen molar-refractivity contribution in [1.29, 1.82) is 0 Å². The van der Waals surface area contributed by atoms with Gasteiger partial charge in [-0.05, 0) is 5.56 Å². The second-order valence-electron chi connectivity index (χ2n) is 6.67. The fourth-order valence-corrected chi connectivity index (χ4v) is 3.59. The van der Waals surface area contributed by atoms with Crippen molar-refractivity contribution in [2.75, 3.05) is 19.7 Å². The van der Waals surface area contributed by atoms with Gasteiger partial charge in [0.1, 0.15) is 0 Å². The number of aryl methyl sites for hydroxylation is 1. The molecule has 6 heteroatoms. The first-order valence-electron chi connectivity index (χ1n) is 8.55. The van der Waals surface area contributed by atoms with Crippen molar-refractivity contribution in [3.63, 3.8) is 0 Å². The van der Waals surface area contributed by atoms with Crippen molar-refractivity contribution >= 4 is 0 Å². The Kier molecular flexibility index (Phi) is 4.38. The van der Waals surface area contributed by atoms with Crippen molar-refractivity contribution in [1.82, 2.24) is 19.7 Å². The molecule has 3 aromatic rings. The van der Waals surface area contributed by atoms with Crippen LogP contribution in [0.4, 0.5) is 0 Å². The van der Waals surface area contributed by atoms with Crippen LogP contribution in [0, 0.1) is 5.92 Å². The Labute approximate surface area is 146 Å². The van der Waals surface area contributed by atoms with Gasteiger partial charge in [-0.25, -0.2) is 4.98 Å². The second kappa shape index (κ2) is 6.82. The first-order chi connectivity index (χ1) is 12.2. The molecule has 130 valence electrons. The zero-order chi connectivity index (χ0) is 17.2. The SMILES string of the molecule is Cn1cc([C@@H]2CN(Cc3ncc(-c4ccccc4)o3)C[C@H]2CO)cn1. The predicted octanol–water partition coefficient (Wildman–Crippen LogP) is 2.28. The topological polar surface area (TPSA) is 67.3 Å². The molecule has 1 N–H and O–H groups in total. The number of aliphatic hydroxyl groups excluding tert-OH is 1. The Morgan fingerprint density at radius 2 is 2.04 bits per heavy atom. The van der Waals surface area contributed by atoms with E-state index in [1.165, 1.54) is 5.56 Å². The summed E-state index contributed by atoms with van der Waals surface area (Å²) in [5.74, 6) is 2.01. The van der Waals surface area contributed by atoms with Crippen LogP contribution in [0.3, 0.4) is 0 Å². The molecule has 0 amide bonds. The van der Waals surface area contributed by atoms with Gasteiger partial charge in [0.25, 0.3) is 0 Å².